The summed E-state index contributed by atoms with van der Waals surface area (Å²) in [5, 5.41) is 3.17. The first-order valence-electron chi connectivity index (χ1n) is 7.34. The summed E-state index contributed by atoms with van der Waals surface area (Å²) in [7, 11) is 0. The van der Waals surface area contributed by atoms with Gasteiger partial charge in [0.2, 0.25) is 0 Å². The van der Waals surface area contributed by atoms with Gasteiger partial charge in [-0.05, 0) is 61.4 Å². The monoisotopic (exact) mass is 347 g/mol. The number of benzene rings is 2. The molecule has 126 valence electrons. The van der Waals surface area contributed by atoms with Crippen molar-refractivity contribution in [2.75, 3.05) is 18.5 Å². The summed E-state index contributed by atoms with van der Waals surface area (Å²) in [6, 6.07) is 12.3. The Bertz CT molecular complexity index is 708. The second-order valence-corrected chi connectivity index (χ2v) is 5.76. The zero-order chi connectivity index (χ0) is 17.5. The van der Waals surface area contributed by atoms with E-state index < -0.39 is 11.9 Å². The largest absolute Gasteiger partial charge is 0.482 e. The van der Waals surface area contributed by atoms with Crippen LogP contribution < -0.4 is 10.1 Å². The van der Waals surface area contributed by atoms with Crippen LogP contribution in [0, 0.1) is 13.8 Å². The number of hydrogen-bond acceptors (Lipinski definition) is 4. The molecule has 0 aliphatic rings. The Morgan fingerprint density at radius 2 is 1.62 bits per heavy atom. The molecule has 0 aliphatic heterocycles. The number of anilines is 1. The van der Waals surface area contributed by atoms with Crippen LogP contribution in [0.1, 0.15) is 11.1 Å². The van der Waals surface area contributed by atoms with Gasteiger partial charge in [0, 0.05) is 10.7 Å². The van der Waals surface area contributed by atoms with Crippen molar-refractivity contribution in [2.45, 2.75) is 13.8 Å². The predicted molar refractivity (Wildman–Crippen MR) is 92.5 cm³/mol. The lowest BCUT2D eigenvalue weighted by atomic mass is 10.1. The highest BCUT2D eigenvalue weighted by Gasteiger charge is 2.09. The van der Waals surface area contributed by atoms with Gasteiger partial charge < -0.3 is 14.8 Å². The Morgan fingerprint density at radius 3 is 2.25 bits per heavy atom. The molecule has 5 nitrogen and oxygen atoms in total. The van der Waals surface area contributed by atoms with Gasteiger partial charge in [-0.25, -0.2) is 4.79 Å². The number of ether oxygens (including phenoxy) is 2. The van der Waals surface area contributed by atoms with Gasteiger partial charge in [-0.15, -0.1) is 0 Å². The maximum Gasteiger partial charge on any atom is 0.344 e. The number of hydrogen-bond donors (Lipinski definition) is 1. The number of carbonyl (C=O) groups is 2. The van der Waals surface area contributed by atoms with Gasteiger partial charge in [-0.3, -0.25) is 4.79 Å². The molecule has 0 fully saturated rings. The minimum Gasteiger partial charge on any atom is -0.482 e. The van der Waals surface area contributed by atoms with E-state index in [4.69, 9.17) is 21.1 Å². The molecule has 1 N–H and O–H groups in total. The first kappa shape index (κ1) is 17.8. The minimum absolute atomic E-state index is 0.253. The molecule has 2 rings (SSSR count). The number of carbonyl (C=O) groups excluding carboxylic acids is 2. The molecular formula is C18H18ClNO4. The quantitative estimate of drug-likeness (QED) is 0.812. The van der Waals surface area contributed by atoms with Gasteiger partial charge in [0.05, 0.1) is 0 Å². The fourth-order valence-electron chi connectivity index (χ4n) is 2.08. The molecule has 0 heterocycles. The van der Waals surface area contributed by atoms with Crippen molar-refractivity contribution >= 4 is 29.2 Å². The lowest BCUT2D eigenvalue weighted by molar-refractivity contribution is -0.149. The Balaban J connectivity index is 1.74. The Hall–Kier alpha value is -2.53. The van der Waals surface area contributed by atoms with Crippen LogP contribution in [-0.2, 0) is 14.3 Å². The van der Waals surface area contributed by atoms with E-state index in [9.17, 15) is 9.59 Å². The van der Waals surface area contributed by atoms with Crippen LogP contribution in [0.4, 0.5) is 5.69 Å². The zero-order valence-corrected chi connectivity index (χ0v) is 14.2. The molecule has 0 aromatic heterocycles. The highest BCUT2D eigenvalue weighted by Crippen LogP contribution is 2.16. The topological polar surface area (TPSA) is 64.6 Å². The lowest BCUT2D eigenvalue weighted by Gasteiger charge is -2.09. The molecule has 0 spiro atoms. The Labute approximate surface area is 145 Å². The molecule has 24 heavy (non-hydrogen) atoms. The van der Waals surface area contributed by atoms with E-state index in [1.54, 1.807) is 24.3 Å². The standard InChI is InChI=1S/C18H18ClNO4/c1-12-7-13(2)9-16(8-12)23-11-18(22)24-10-17(21)20-15-5-3-14(19)4-6-15/h3-9H,10-11H2,1-2H3,(H,20,21). The molecule has 0 aliphatic carbocycles. The molecule has 6 heteroatoms. The van der Waals surface area contributed by atoms with Crippen molar-refractivity contribution in [1.29, 1.82) is 0 Å². The van der Waals surface area contributed by atoms with Crippen LogP contribution in [0.25, 0.3) is 0 Å². The number of halogens is 1. The third-order valence-corrected chi connectivity index (χ3v) is 3.30. The Kier molecular flexibility index (Phi) is 6.21. The average molecular weight is 348 g/mol. The normalized spacial score (nSPS) is 10.1. The van der Waals surface area contributed by atoms with E-state index in [1.165, 1.54) is 0 Å². The van der Waals surface area contributed by atoms with Crippen molar-refractivity contribution in [3.63, 3.8) is 0 Å². The highest BCUT2D eigenvalue weighted by molar-refractivity contribution is 6.30. The van der Waals surface area contributed by atoms with E-state index in [-0.39, 0.29) is 13.2 Å². The van der Waals surface area contributed by atoms with Gasteiger partial charge >= 0.3 is 5.97 Å². The molecule has 0 unspecified atom stereocenters. The second-order valence-electron chi connectivity index (χ2n) is 5.33. The van der Waals surface area contributed by atoms with Crippen molar-refractivity contribution in [3.8, 4) is 5.75 Å². The maximum atomic E-state index is 11.7. The molecule has 0 saturated carbocycles. The molecule has 0 bridgehead atoms. The second kappa shape index (κ2) is 8.36. The van der Waals surface area contributed by atoms with Crippen LogP contribution in [0.3, 0.4) is 0 Å². The van der Waals surface area contributed by atoms with Crippen LogP contribution in [-0.4, -0.2) is 25.1 Å². The van der Waals surface area contributed by atoms with E-state index in [1.807, 2.05) is 32.0 Å². The predicted octanol–water partition coefficient (Wildman–Crippen LogP) is 3.52. The average Bonchev–Trinajstić information content (AvgIpc) is 2.52. The Morgan fingerprint density at radius 1 is 1.00 bits per heavy atom. The van der Waals surface area contributed by atoms with Gasteiger partial charge in [0.25, 0.3) is 5.91 Å². The van der Waals surface area contributed by atoms with Crippen molar-refractivity contribution in [1.82, 2.24) is 0 Å². The highest BCUT2D eigenvalue weighted by atomic mass is 35.5. The lowest BCUT2D eigenvalue weighted by Crippen LogP contribution is -2.23. The number of esters is 1. The number of nitrogens with one attached hydrogen (secondary N) is 1. The smallest absolute Gasteiger partial charge is 0.344 e. The van der Waals surface area contributed by atoms with Gasteiger partial charge in [0.1, 0.15) is 5.75 Å². The number of aryl methyl sites for hydroxylation is 2. The van der Waals surface area contributed by atoms with Gasteiger partial charge in [0.15, 0.2) is 13.2 Å². The molecule has 2 aromatic rings. The summed E-state index contributed by atoms with van der Waals surface area (Å²) in [5.74, 6) is -0.451. The van der Waals surface area contributed by atoms with E-state index in [2.05, 4.69) is 5.32 Å². The van der Waals surface area contributed by atoms with Crippen LogP contribution >= 0.6 is 11.6 Å². The molecular weight excluding hydrogens is 330 g/mol. The summed E-state index contributed by atoms with van der Waals surface area (Å²) in [6.07, 6.45) is 0. The molecule has 0 atom stereocenters. The first-order chi connectivity index (χ1) is 11.4. The third-order valence-electron chi connectivity index (χ3n) is 3.04. The van der Waals surface area contributed by atoms with Crippen LogP contribution in [0.2, 0.25) is 5.02 Å². The first-order valence-corrected chi connectivity index (χ1v) is 7.72. The summed E-state index contributed by atoms with van der Waals surface area (Å²) in [5.41, 5.74) is 2.66. The van der Waals surface area contributed by atoms with E-state index in [0.29, 0.717) is 16.5 Å². The fourth-order valence-corrected chi connectivity index (χ4v) is 2.20. The fraction of sp³-hybridized carbons (Fsp3) is 0.222. The van der Waals surface area contributed by atoms with Crippen molar-refractivity contribution < 1.29 is 19.1 Å². The number of amides is 1. The van der Waals surface area contributed by atoms with Crippen molar-refractivity contribution in [3.05, 3.63) is 58.6 Å². The molecule has 0 radical (unpaired) electrons. The summed E-state index contributed by atoms with van der Waals surface area (Å²) >= 11 is 5.76. The SMILES string of the molecule is Cc1cc(C)cc(OCC(=O)OCC(=O)Nc2ccc(Cl)cc2)c1. The minimum atomic E-state index is -0.611. The maximum absolute atomic E-state index is 11.7. The molecule has 1 amide bonds. The van der Waals surface area contributed by atoms with E-state index >= 15 is 0 Å². The van der Waals surface area contributed by atoms with E-state index in [0.717, 1.165) is 11.1 Å². The van der Waals surface area contributed by atoms with Gasteiger partial charge in [-0.1, -0.05) is 17.7 Å². The third kappa shape index (κ3) is 5.93. The summed E-state index contributed by atoms with van der Waals surface area (Å²) in [4.78, 5) is 23.3. The van der Waals surface area contributed by atoms with Crippen LogP contribution in [0.5, 0.6) is 5.75 Å². The molecule has 2 aromatic carbocycles. The van der Waals surface area contributed by atoms with Gasteiger partial charge in [-0.2, -0.15) is 0 Å². The zero-order valence-electron chi connectivity index (χ0n) is 13.5. The van der Waals surface area contributed by atoms with Crippen molar-refractivity contribution in [2.24, 2.45) is 0 Å². The number of rotatable bonds is 6. The van der Waals surface area contributed by atoms with Crippen LogP contribution in [0.15, 0.2) is 42.5 Å². The summed E-state index contributed by atoms with van der Waals surface area (Å²) in [6.45, 7) is 3.26. The molecule has 0 saturated heterocycles. The summed E-state index contributed by atoms with van der Waals surface area (Å²) < 4.78 is 10.3.